The second kappa shape index (κ2) is 8.31. The van der Waals surface area contributed by atoms with Gasteiger partial charge in [0.2, 0.25) is 0 Å². The monoisotopic (exact) mass is 405 g/mol. The van der Waals surface area contributed by atoms with E-state index in [0.29, 0.717) is 27.3 Å². The molecule has 142 valence electrons. The van der Waals surface area contributed by atoms with Crippen molar-refractivity contribution in [3.8, 4) is 5.75 Å². The molecule has 0 bridgehead atoms. The first-order valence-corrected chi connectivity index (χ1v) is 9.92. The Bertz CT molecular complexity index is 940. The molecule has 0 aliphatic carbocycles. The number of rotatable bonds is 6. The van der Waals surface area contributed by atoms with E-state index in [2.05, 4.69) is 24.0 Å². The number of aromatic nitrogens is 3. The third kappa shape index (κ3) is 4.45. The van der Waals surface area contributed by atoms with E-state index in [1.807, 2.05) is 36.7 Å². The molecule has 3 rings (SSSR count). The molecule has 0 saturated heterocycles. The Balaban J connectivity index is 1.71. The maximum absolute atomic E-state index is 13.9. The lowest BCUT2D eigenvalue weighted by Gasteiger charge is -2.15. The summed E-state index contributed by atoms with van der Waals surface area (Å²) < 4.78 is 21.8. The predicted molar refractivity (Wildman–Crippen MR) is 107 cm³/mol. The molecular formula is C20H21ClFN3OS. The van der Waals surface area contributed by atoms with Gasteiger partial charge in [-0.1, -0.05) is 35.5 Å². The molecule has 0 amide bonds. The molecular weight excluding hydrogens is 385 g/mol. The molecule has 1 aromatic heterocycles. The lowest BCUT2D eigenvalue weighted by molar-refractivity contribution is 0.211. The molecule has 27 heavy (non-hydrogen) atoms. The Morgan fingerprint density at radius 1 is 1.19 bits per heavy atom. The molecule has 4 nitrogen and oxygen atoms in total. The van der Waals surface area contributed by atoms with Crippen LogP contribution in [0.25, 0.3) is 0 Å². The van der Waals surface area contributed by atoms with E-state index in [1.165, 1.54) is 29.0 Å². The average molecular weight is 406 g/mol. The van der Waals surface area contributed by atoms with Crippen LogP contribution in [0.2, 0.25) is 5.02 Å². The summed E-state index contributed by atoms with van der Waals surface area (Å²) in [7, 11) is 1.88. The van der Waals surface area contributed by atoms with Gasteiger partial charge in [0, 0.05) is 23.4 Å². The minimum Gasteiger partial charge on any atom is -0.483 e. The number of hydrogen-bond donors (Lipinski definition) is 0. The van der Waals surface area contributed by atoms with Gasteiger partial charge in [0.25, 0.3) is 0 Å². The first kappa shape index (κ1) is 19.7. The Labute approximate surface area is 167 Å². The molecule has 0 aliphatic heterocycles. The van der Waals surface area contributed by atoms with Crippen molar-refractivity contribution in [1.82, 2.24) is 14.8 Å². The molecule has 1 unspecified atom stereocenters. The summed E-state index contributed by atoms with van der Waals surface area (Å²) in [6, 6.07) is 10.7. The van der Waals surface area contributed by atoms with Crippen molar-refractivity contribution in [3.05, 3.63) is 69.8 Å². The number of thioether (sulfide) groups is 1. The van der Waals surface area contributed by atoms with Gasteiger partial charge >= 0.3 is 0 Å². The van der Waals surface area contributed by atoms with Crippen molar-refractivity contribution >= 4 is 23.4 Å². The fraction of sp³-hybridized carbons (Fsp3) is 0.300. The highest BCUT2D eigenvalue weighted by Crippen LogP contribution is 2.29. The third-order valence-electron chi connectivity index (χ3n) is 4.43. The van der Waals surface area contributed by atoms with Gasteiger partial charge in [0.05, 0.1) is 0 Å². The standard InChI is InChI=1S/C20H21ClFN3OS/c1-12-8-9-15(10-13(12)2)26-14(3)19-23-24-20(25(19)4)27-11-16-17(21)6-5-7-18(16)22/h5-10,14H,11H2,1-4H3. The van der Waals surface area contributed by atoms with Crippen molar-refractivity contribution in [2.75, 3.05) is 0 Å². The largest absolute Gasteiger partial charge is 0.483 e. The van der Waals surface area contributed by atoms with Crippen LogP contribution < -0.4 is 4.74 Å². The van der Waals surface area contributed by atoms with Gasteiger partial charge in [0.15, 0.2) is 17.1 Å². The second-order valence-electron chi connectivity index (χ2n) is 6.39. The molecule has 2 aromatic carbocycles. The van der Waals surface area contributed by atoms with Crippen molar-refractivity contribution in [2.45, 2.75) is 37.8 Å². The lowest BCUT2D eigenvalue weighted by Crippen LogP contribution is -2.10. The van der Waals surface area contributed by atoms with Crippen LogP contribution in [0.3, 0.4) is 0 Å². The Kier molecular flexibility index (Phi) is 6.07. The van der Waals surface area contributed by atoms with Crippen LogP contribution in [-0.2, 0) is 12.8 Å². The van der Waals surface area contributed by atoms with Gasteiger partial charge in [-0.2, -0.15) is 0 Å². The van der Waals surface area contributed by atoms with Crippen molar-refractivity contribution < 1.29 is 9.13 Å². The van der Waals surface area contributed by atoms with E-state index in [4.69, 9.17) is 16.3 Å². The molecule has 0 fully saturated rings. The molecule has 0 aliphatic rings. The van der Waals surface area contributed by atoms with Crippen LogP contribution >= 0.6 is 23.4 Å². The zero-order valence-electron chi connectivity index (χ0n) is 15.7. The van der Waals surface area contributed by atoms with E-state index in [-0.39, 0.29) is 11.9 Å². The molecule has 0 spiro atoms. The number of aryl methyl sites for hydroxylation is 2. The van der Waals surface area contributed by atoms with Crippen molar-refractivity contribution in [2.24, 2.45) is 7.05 Å². The van der Waals surface area contributed by atoms with E-state index in [9.17, 15) is 4.39 Å². The molecule has 0 saturated carbocycles. The quantitative estimate of drug-likeness (QED) is 0.496. The molecule has 7 heteroatoms. The van der Waals surface area contributed by atoms with Gasteiger partial charge in [-0.3, -0.25) is 0 Å². The Morgan fingerprint density at radius 2 is 1.96 bits per heavy atom. The highest BCUT2D eigenvalue weighted by atomic mass is 35.5. The molecule has 1 atom stereocenters. The van der Waals surface area contributed by atoms with Crippen LogP contribution in [0.4, 0.5) is 4.39 Å². The van der Waals surface area contributed by atoms with Crippen LogP contribution in [0.15, 0.2) is 41.6 Å². The van der Waals surface area contributed by atoms with Crippen molar-refractivity contribution in [1.29, 1.82) is 0 Å². The molecule has 0 N–H and O–H groups in total. The van der Waals surface area contributed by atoms with Crippen LogP contribution in [0.5, 0.6) is 5.75 Å². The molecule has 1 heterocycles. The lowest BCUT2D eigenvalue weighted by atomic mass is 10.1. The molecule has 3 aromatic rings. The fourth-order valence-electron chi connectivity index (χ4n) is 2.66. The summed E-state index contributed by atoms with van der Waals surface area (Å²) in [5.41, 5.74) is 2.86. The number of nitrogens with zero attached hydrogens (tertiary/aromatic N) is 3. The SMILES string of the molecule is Cc1ccc(OC(C)c2nnc(SCc3c(F)cccc3Cl)n2C)cc1C. The Hall–Kier alpha value is -2.05. The van der Waals surface area contributed by atoms with E-state index >= 15 is 0 Å². The topological polar surface area (TPSA) is 39.9 Å². The number of halogens is 2. The summed E-state index contributed by atoms with van der Waals surface area (Å²) >= 11 is 7.48. The third-order valence-corrected chi connectivity index (χ3v) is 5.83. The minimum atomic E-state index is -0.316. The normalized spacial score (nSPS) is 12.2. The maximum Gasteiger partial charge on any atom is 0.191 e. The van der Waals surface area contributed by atoms with E-state index in [1.54, 1.807) is 12.1 Å². The predicted octanol–water partition coefficient (Wildman–Crippen LogP) is 5.66. The summed E-state index contributed by atoms with van der Waals surface area (Å²) in [5.74, 6) is 1.56. The van der Waals surface area contributed by atoms with Gasteiger partial charge in [-0.15, -0.1) is 10.2 Å². The van der Waals surface area contributed by atoms with E-state index < -0.39 is 0 Å². The molecule has 0 radical (unpaired) electrons. The summed E-state index contributed by atoms with van der Waals surface area (Å²) in [5, 5.41) is 9.56. The fourth-order valence-corrected chi connectivity index (χ4v) is 3.92. The second-order valence-corrected chi connectivity index (χ2v) is 7.74. The Morgan fingerprint density at radius 3 is 2.67 bits per heavy atom. The summed E-state index contributed by atoms with van der Waals surface area (Å²) in [4.78, 5) is 0. The van der Waals surface area contributed by atoms with Gasteiger partial charge < -0.3 is 9.30 Å². The van der Waals surface area contributed by atoms with Gasteiger partial charge in [0.1, 0.15) is 11.6 Å². The average Bonchev–Trinajstić information content (AvgIpc) is 2.98. The summed E-state index contributed by atoms with van der Waals surface area (Å²) in [6.07, 6.45) is -0.268. The number of hydrogen-bond acceptors (Lipinski definition) is 4. The first-order chi connectivity index (χ1) is 12.9. The van der Waals surface area contributed by atoms with Crippen LogP contribution in [0.1, 0.15) is 35.5 Å². The van der Waals surface area contributed by atoms with Crippen LogP contribution in [0, 0.1) is 19.7 Å². The summed E-state index contributed by atoms with van der Waals surface area (Å²) in [6.45, 7) is 6.05. The first-order valence-electron chi connectivity index (χ1n) is 8.55. The number of ether oxygens (including phenoxy) is 1. The zero-order valence-corrected chi connectivity index (χ0v) is 17.2. The highest BCUT2D eigenvalue weighted by Gasteiger charge is 2.18. The smallest absolute Gasteiger partial charge is 0.191 e. The van der Waals surface area contributed by atoms with Crippen LogP contribution in [-0.4, -0.2) is 14.8 Å². The highest BCUT2D eigenvalue weighted by molar-refractivity contribution is 7.98. The van der Waals surface area contributed by atoms with Gasteiger partial charge in [-0.05, 0) is 56.2 Å². The maximum atomic E-state index is 13.9. The van der Waals surface area contributed by atoms with E-state index in [0.717, 1.165) is 5.75 Å². The minimum absolute atomic E-state index is 0.268. The van der Waals surface area contributed by atoms with Crippen molar-refractivity contribution in [3.63, 3.8) is 0 Å². The van der Waals surface area contributed by atoms with Gasteiger partial charge in [-0.25, -0.2) is 4.39 Å². The zero-order chi connectivity index (χ0) is 19.6. The number of benzene rings is 2.